The Kier molecular flexibility index (Phi) is 5.79. The van der Waals surface area contributed by atoms with E-state index in [1.54, 1.807) is 0 Å². The van der Waals surface area contributed by atoms with Gasteiger partial charge in [0.1, 0.15) is 5.75 Å². The summed E-state index contributed by atoms with van der Waals surface area (Å²) < 4.78 is 6.50. The summed E-state index contributed by atoms with van der Waals surface area (Å²) in [5, 5.41) is 11.0. The molecule has 1 aromatic heterocycles. The number of anilines is 1. The minimum absolute atomic E-state index is 0.0443. The monoisotopic (exact) mass is 337 g/mol. The fourth-order valence-corrected chi connectivity index (χ4v) is 3.07. The van der Waals surface area contributed by atoms with Gasteiger partial charge in [0, 0.05) is 0 Å². The summed E-state index contributed by atoms with van der Waals surface area (Å²) in [6, 6.07) is 6.05. The van der Waals surface area contributed by atoms with Gasteiger partial charge in [-0.15, -0.1) is 10.2 Å². The Labute approximate surface area is 138 Å². The molecule has 0 aliphatic heterocycles. The summed E-state index contributed by atoms with van der Waals surface area (Å²) in [6.45, 7) is 6.16. The van der Waals surface area contributed by atoms with Crippen molar-refractivity contribution in [2.75, 3.05) is 18.2 Å². The van der Waals surface area contributed by atoms with E-state index in [1.165, 1.54) is 23.1 Å². The Bertz CT molecular complexity index is 656. The van der Waals surface area contributed by atoms with E-state index >= 15 is 0 Å². The molecule has 1 amide bonds. The Morgan fingerprint density at radius 1 is 1.41 bits per heavy atom. The topological polar surface area (TPSA) is 64.1 Å². The Morgan fingerprint density at radius 2 is 2.18 bits per heavy atom. The largest absolute Gasteiger partial charge is 0.483 e. The highest BCUT2D eigenvalue weighted by Crippen LogP contribution is 2.27. The standard InChI is InChI=1S/C15H19N3O2S2/c1-9(2)11-6-5-10(3)7-12(11)20-8-13(19)16-14-17-18-15(21-4)22-14/h5-7,9H,8H2,1-4H3,(H,16,17,19). The number of aromatic nitrogens is 2. The van der Waals surface area contributed by atoms with Crippen molar-refractivity contribution in [3.05, 3.63) is 29.3 Å². The number of hydrogen-bond donors (Lipinski definition) is 1. The molecule has 2 rings (SSSR count). The fraction of sp³-hybridized carbons (Fsp3) is 0.400. The lowest BCUT2D eigenvalue weighted by atomic mass is 10.0. The van der Waals surface area contributed by atoms with Crippen molar-refractivity contribution < 1.29 is 9.53 Å². The third-order valence-corrected chi connectivity index (χ3v) is 4.79. The van der Waals surface area contributed by atoms with Crippen LogP contribution in [0.15, 0.2) is 22.5 Å². The van der Waals surface area contributed by atoms with Crippen LogP contribution in [-0.4, -0.2) is 29.0 Å². The first-order valence-corrected chi connectivity index (χ1v) is 8.94. The van der Waals surface area contributed by atoms with E-state index in [0.29, 0.717) is 11.0 Å². The lowest BCUT2D eigenvalue weighted by Gasteiger charge is -2.14. The van der Waals surface area contributed by atoms with Crippen LogP contribution in [0.4, 0.5) is 5.13 Å². The van der Waals surface area contributed by atoms with Crippen molar-refractivity contribution in [1.82, 2.24) is 10.2 Å². The van der Waals surface area contributed by atoms with Gasteiger partial charge in [0.25, 0.3) is 5.91 Å². The van der Waals surface area contributed by atoms with E-state index in [2.05, 4.69) is 29.4 Å². The van der Waals surface area contributed by atoms with Crippen molar-refractivity contribution in [2.24, 2.45) is 0 Å². The van der Waals surface area contributed by atoms with Crippen LogP contribution in [0.1, 0.15) is 30.9 Å². The Balaban J connectivity index is 1.97. The number of thioether (sulfide) groups is 1. The number of nitrogens with one attached hydrogen (secondary N) is 1. The molecule has 0 spiro atoms. The highest BCUT2D eigenvalue weighted by Gasteiger charge is 2.12. The number of nitrogens with zero attached hydrogens (tertiary/aromatic N) is 2. The molecule has 0 saturated heterocycles. The Hall–Kier alpha value is -1.60. The second-order valence-corrected chi connectivity index (χ2v) is 7.14. The highest BCUT2D eigenvalue weighted by atomic mass is 32.2. The summed E-state index contributed by atoms with van der Waals surface area (Å²) >= 11 is 2.84. The van der Waals surface area contributed by atoms with Crippen molar-refractivity contribution in [3.63, 3.8) is 0 Å². The molecule has 0 bridgehead atoms. The van der Waals surface area contributed by atoms with Gasteiger partial charge >= 0.3 is 0 Å². The second kappa shape index (κ2) is 7.60. The van der Waals surface area contributed by atoms with E-state index in [4.69, 9.17) is 4.74 Å². The molecule has 1 heterocycles. The number of carbonyl (C=O) groups is 1. The molecule has 0 fully saturated rings. The van der Waals surface area contributed by atoms with Crippen LogP contribution in [0.5, 0.6) is 5.75 Å². The first kappa shape index (κ1) is 16.8. The molecule has 0 unspecified atom stereocenters. The molecule has 0 aliphatic rings. The van der Waals surface area contributed by atoms with Crippen LogP contribution >= 0.6 is 23.1 Å². The minimum Gasteiger partial charge on any atom is -0.483 e. The number of amides is 1. The van der Waals surface area contributed by atoms with Gasteiger partial charge < -0.3 is 4.74 Å². The van der Waals surface area contributed by atoms with Gasteiger partial charge in [-0.2, -0.15) is 0 Å². The summed E-state index contributed by atoms with van der Waals surface area (Å²) in [5.41, 5.74) is 2.20. The second-order valence-electron chi connectivity index (χ2n) is 5.11. The maximum absolute atomic E-state index is 11.9. The van der Waals surface area contributed by atoms with Crippen molar-refractivity contribution in [2.45, 2.75) is 31.0 Å². The van der Waals surface area contributed by atoms with Crippen LogP contribution in [0.25, 0.3) is 0 Å². The molecule has 5 nitrogen and oxygen atoms in total. The van der Waals surface area contributed by atoms with Crippen molar-refractivity contribution >= 4 is 34.1 Å². The van der Waals surface area contributed by atoms with Crippen LogP contribution in [0.2, 0.25) is 0 Å². The molecule has 118 valence electrons. The van der Waals surface area contributed by atoms with Gasteiger partial charge in [0.05, 0.1) is 0 Å². The molecule has 0 radical (unpaired) electrons. The van der Waals surface area contributed by atoms with Gasteiger partial charge in [0.2, 0.25) is 5.13 Å². The van der Waals surface area contributed by atoms with Crippen LogP contribution < -0.4 is 10.1 Å². The summed E-state index contributed by atoms with van der Waals surface area (Å²) in [7, 11) is 0. The minimum atomic E-state index is -0.236. The zero-order chi connectivity index (χ0) is 16.1. The van der Waals surface area contributed by atoms with E-state index < -0.39 is 0 Å². The molecule has 2 aromatic rings. The molecule has 22 heavy (non-hydrogen) atoms. The number of rotatable bonds is 6. The predicted octanol–water partition coefficient (Wildman–Crippen LogP) is 3.71. The first-order chi connectivity index (χ1) is 10.5. The predicted molar refractivity (Wildman–Crippen MR) is 91.1 cm³/mol. The van der Waals surface area contributed by atoms with Gasteiger partial charge in [-0.05, 0) is 36.3 Å². The third-order valence-electron chi connectivity index (χ3n) is 2.98. The molecule has 0 aliphatic carbocycles. The van der Waals surface area contributed by atoms with Crippen LogP contribution in [0.3, 0.4) is 0 Å². The molecule has 0 saturated carbocycles. The maximum Gasteiger partial charge on any atom is 0.264 e. The van der Waals surface area contributed by atoms with Gasteiger partial charge in [-0.3, -0.25) is 10.1 Å². The number of ether oxygens (including phenoxy) is 1. The molecular weight excluding hydrogens is 318 g/mol. The normalized spacial score (nSPS) is 10.8. The third kappa shape index (κ3) is 4.45. The summed E-state index contributed by atoms with van der Waals surface area (Å²) in [6.07, 6.45) is 1.92. The average molecular weight is 337 g/mol. The molecule has 0 atom stereocenters. The number of aryl methyl sites for hydroxylation is 1. The summed E-state index contributed by atoms with van der Waals surface area (Å²) in [5.74, 6) is 0.859. The average Bonchev–Trinajstić information content (AvgIpc) is 2.92. The SMILES string of the molecule is CSc1nnc(NC(=O)COc2cc(C)ccc2C(C)C)s1. The zero-order valence-corrected chi connectivity index (χ0v) is 14.7. The molecular formula is C15H19N3O2S2. The smallest absolute Gasteiger partial charge is 0.264 e. The molecule has 1 aromatic carbocycles. The van der Waals surface area contributed by atoms with E-state index in [9.17, 15) is 4.79 Å². The molecule has 1 N–H and O–H groups in total. The van der Waals surface area contributed by atoms with Crippen molar-refractivity contribution in [3.8, 4) is 5.75 Å². The van der Waals surface area contributed by atoms with Crippen molar-refractivity contribution in [1.29, 1.82) is 0 Å². The first-order valence-electron chi connectivity index (χ1n) is 6.90. The lowest BCUT2D eigenvalue weighted by Crippen LogP contribution is -2.20. The van der Waals surface area contributed by atoms with Gasteiger partial charge in [0.15, 0.2) is 10.9 Å². The van der Waals surface area contributed by atoms with Crippen LogP contribution in [0, 0.1) is 6.92 Å². The van der Waals surface area contributed by atoms with E-state index in [0.717, 1.165) is 21.2 Å². The van der Waals surface area contributed by atoms with E-state index in [-0.39, 0.29) is 12.5 Å². The number of carbonyl (C=O) groups excluding carboxylic acids is 1. The highest BCUT2D eigenvalue weighted by molar-refractivity contribution is 8.00. The van der Waals surface area contributed by atoms with E-state index in [1.807, 2.05) is 31.4 Å². The number of hydrogen-bond acceptors (Lipinski definition) is 6. The lowest BCUT2D eigenvalue weighted by molar-refractivity contribution is -0.118. The van der Waals surface area contributed by atoms with Gasteiger partial charge in [-0.1, -0.05) is 49.1 Å². The fourth-order valence-electron chi connectivity index (χ4n) is 1.88. The zero-order valence-electron chi connectivity index (χ0n) is 13.0. The van der Waals surface area contributed by atoms with Gasteiger partial charge in [-0.25, -0.2) is 0 Å². The summed E-state index contributed by atoms with van der Waals surface area (Å²) in [4.78, 5) is 11.9. The maximum atomic E-state index is 11.9. The van der Waals surface area contributed by atoms with Crippen LogP contribution in [-0.2, 0) is 4.79 Å². The quantitative estimate of drug-likeness (QED) is 0.643. The number of benzene rings is 1. The Morgan fingerprint density at radius 3 is 2.82 bits per heavy atom. The molecule has 7 heteroatoms.